The summed E-state index contributed by atoms with van der Waals surface area (Å²) in [6, 6.07) is 3.73. The average Bonchev–Trinajstić information content (AvgIpc) is 1.85. The van der Waals surface area contributed by atoms with Crippen LogP contribution in [0.1, 0.15) is 17.3 Å². The van der Waals surface area contributed by atoms with Gasteiger partial charge in [-0.25, -0.2) is 4.39 Å². The minimum absolute atomic E-state index is 0.150. The van der Waals surface area contributed by atoms with E-state index in [-0.39, 0.29) is 11.2 Å². The van der Waals surface area contributed by atoms with Crippen molar-refractivity contribution in [1.29, 1.82) is 0 Å². The Morgan fingerprint density at radius 1 is 1.55 bits per heavy atom. The third kappa shape index (κ3) is 1.67. The summed E-state index contributed by atoms with van der Waals surface area (Å²) in [7, 11) is 5.36. The smallest absolute Gasteiger partial charge is 0.159 e. The molecule has 0 heterocycles. The zero-order valence-electron chi connectivity index (χ0n) is 6.10. The SMILES string of the molecule is [B]c1cc(F)ccc1C(C)=O. The first-order chi connectivity index (χ1) is 5.11. The summed E-state index contributed by atoms with van der Waals surface area (Å²) >= 11 is 0. The van der Waals surface area contributed by atoms with Crippen LogP contribution in [0.4, 0.5) is 4.39 Å². The number of benzene rings is 1. The van der Waals surface area contributed by atoms with E-state index in [1.165, 1.54) is 19.1 Å². The summed E-state index contributed by atoms with van der Waals surface area (Å²) in [6.45, 7) is 1.39. The summed E-state index contributed by atoms with van der Waals surface area (Å²) in [4.78, 5) is 10.8. The molecule has 11 heavy (non-hydrogen) atoms. The number of halogens is 1. The number of Topliss-reactive ketones (excluding diaryl/α,β-unsaturated/α-hetero) is 1. The van der Waals surface area contributed by atoms with E-state index in [1.54, 1.807) is 0 Å². The molecule has 1 nitrogen and oxygen atoms in total. The third-order valence-corrected chi connectivity index (χ3v) is 1.39. The van der Waals surface area contributed by atoms with Gasteiger partial charge in [-0.05, 0) is 25.1 Å². The predicted molar refractivity (Wildman–Crippen MR) is 41.8 cm³/mol. The minimum atomic E-state index is -0.424. The lowest BCUT2D eigenvalue weighted by Crippen LogP contribution is -2.14. The predicted octanol–water partition coefficient (Wildman–Crippen LogP) is 0.822. The number of carbonyl (C=O) groups excluding carboxylic acids is 1. The van der Waals surface area contributed by atoms with Crippen LogP contribution in [0.5, 0.6) is 0 Å². The molecule has 3 heteroatoms. The van der Waals surface area contributed by atoms with E-state index in [0.717, 1.165) is 6.07 Å². The second-order valence-corrected chi connectivity index (χ2v) is 2.29. The fourth-order valence-corrected chi connectivity index (χ4v) is 0.854. The highest BCUT2D eigenvalue weighted by atomic mass is 19.1. The summed E-state index contributed by atoms with van der Waals surface area (Å²) in [5.41, 5.74) is 0.559. The Morgan fingerprint density at radius 2 is 2.18 bits per heavy atom. The molecule has 0 bridgehead atoms. The molecule has 0 unspecified atom stereocenters. The molecule has 54 valence electrons. The highest BCUT2D eigenvalue weighted by Gasteiger charge is 2.02. The molecule has 1 rings (SSSR count). The van der Waals surface area contributed by atoms with Gasteiger partial charge >= 0.3 is 0 Å². The Morgan fingerprint density at radius 3 is 2.64 bits per heavy atom. The minimum Gasteiger partial charge on any atom is -0.295 e. The Kier molecular flexibility index (Phi) is 2.08. The van der Waals surface area contributed by atoms with Crippen molar-refractivity contribution in [3.05, 3.63) is 29.6 Å². The van der Waals surface area contributed by atoms with Gasteiger partial charge in [-0.3, -0.25) is 4.79 Å². The molecule has 0 aromatic heterocycles. The van der Waals surface area contributed by atoms with Crippen molar-refractivity contribution >= 4 is 19.1 Å². The van der Waals surface area contributed by atoms with Crippen LogP contribution in [0, 0.1) is 5.82 Å². The van der Waals surface area contributed by atoms with Crippen LogP contribution in [0.2, 0.25) is 0 Å². The van der Waals surface area contributed by atoms with E-state index in [4.69, 9.17) is 7.85 Å². The van der Waals surface area contributed by atoms with Crippen molar-refractivity contribution in [1.82, 2.24) is 0 Å². The van der Waals surface area contributed by atoms with E-state index in [0.29, 0.717) is 5.56 Å². The lowest BCUT2D eigenvalue weighted by Gasteiger charge is -2.00. The Balaban J connectivity index is 3.20. The van der Waals surface area contributed by atoms with Gasteiger partial charge in [-0.2, -0.15) is 0 Å². The quantitative estimate of drug-likeness (QED) is 0.425. The summed E-state index contributed by atoms with van der Waals surface area (Å²) in [6.07, 6.45) is 0. The number of hydrogen-bond donors (Lipinski definition) is 0. The lowest BCUT2D eigenvalue weighted by atomic mass is 9.89. The molecule has 0 spiro atoms. The Labute approximate surface area is 65.6 Å². The van der Waals surface area contributed by atoms with Crippen LogP contribution < -0.4 is 5.46 Å². The van der Waals surface area contributed by atoms with E-state index >= 15 is 0 Å². The fourth-order valence-electron chi connectivity index (χ4n) is 0.854. The molecule has 0 N–H and O–H groups in total. The largest absolute Gasteiger partial charge is 0.295 e. The molecule has 0 aliphatic heterocycles. The van der Waals surface area contributed by atoms with Crippen LogP contribution in [-0.4, -0.2) is 13.6 Å². The third-order valence-electron chi connectivity index (χ3n) is 1.39. The van der Waals surface area contributed by atoms with Crippen molar-refractivity contribution in [3.63, 3.8) is 0 Å². The number of carbonyl (C=O) groups is 1. The van der Waals surface area contributed by atoms with Crippen LogP contribution in [0.25, 0.3) is 0 Å². The highest BCUT2D eigenvalue weighted by Crippen LogP contribution is 1.99. The zero-order valence-corrected chi connectivity index (χ0v) is 6.10. The summed E-state index contributed by atoms with van der Waals surface area (Å²) in [5.74, 6) is -0.574. The molecule has 0 saturated carbocycles. The monoisotopic (exact) mass is 148 g/mol. The molecule has 0 aliphatic rings. The van der Waals surface area contributed by atoms with E-state index < -0.39 is 5.82 Å². The van der Waals surface area contributed by atoms with Gasteiger partial charge in [0.1, 0.15) is 13.7 Å². The van der Waals surface area contributed by atoms with Gasteiger partial charge in [-0.1, -0.05) is 5.46 Å². The first kappa shape index (κ1) is 7.99. The normalized spacial score (nSPS) is 9.64. The molecule has 2 radical (unpaired) electrons. The molecule has 0 saturated heterocycles. The molecule has 0 aliphatic carbocycles. The van der Waals surface area contributed by atoms with Crippen molar-refractivity contribution < 1.29 is 9.18 Å². The molecular formula is C8H6BFO. The maximum atomic E-state index is 12.4. The van der Waals surface area contributed by atoms with Crippen molar-refractivity contribution in [2.75, 3.05) is 0 Å². The van der Waals surface area contributed by atoms with Gasteiger partial charge in [0.15, 0.2) is 5.78 Å². The highest BCUT2D eigenvalue weighted by molar-refractivity contribution is 6.36. The van der Waals surface area contributed by atoms with Crippen LogP contribution in [-0.2, 0) is 0 Å². The van der Waals surface area contributed by atoms with Gasteiger partial charge in [0, 0.05) is 5.56 Å². The van der Waals surface area contributed by atoms with E-state index in [9.17, 15) is 9.18 Å². The molecule has 0 amide bonds. The average molecular weight is 148 g/mol. The van der Waals surface area contributed by atoms with Crippen molar-refractivity contribution in [3.8, 4) is 0 Å². The lowest BCUT2D eigenvalue weighted by molar-refractivity contribution is 0.101. The molecule has 1 aromatic rings. The summed E-state index contributed by atoms with van der Waals surface area (Å²) < 4.78 is 12.4. The van der Waals surface area contributed by atoms with Gasteiger partial charge in [0.25, 0.3) is 0 Å². The standard InChI is InChI=1S/C8H6BFO/c1-5(11)7-3-2-6(10)4-8(7)9/h2-4H,1H3. The van der Waals surface area contributed by atoms with Crippen molar-refractivity contribution in [2.45, 2.75) is 6.92 Å². The number of hydrogen-bond acceptors (Lipinski definition) is 1. The first-order valence-electron chi connectivity index (χ1n) is 3.17. The first-order valence-corrected chi connectivity index (χ1v) is 3.17. The Bertz CT molecular complexity index is 296. The molecule has 0 fully saturated rings. The van der Waals surface area contributed by atoms with Gasteiger partial charge < -0.3 is 0 Å². The topological polar surface area (TPSA) is 17.1 Å². The summed E-state index contributed by atoms with van der Waals surface area (Å²) in [5, 5.41) is 0. The van der Waals surface area contributed by atoms with Gasteiger partial charge in [0.2, 0.25) is 0 Å². The van der Waals surface area contributed by atoms with Crippen molar-refractivity contribution in [2.24, 2.45) is 0 Å². The Hall–Kier alpha value is -1.12. The molecular weight excluding hydrogens is 142 g/mol. The van der Waals surface area contributed by atoms with Crippen LogP contribution in [0.15, 0.2) is 18.2 Å². The van der Waals surface area contributed by atoms with Crippen LogP contribution >= 0.6 is 0 Å². The zero-order chi connectivity index (χ0) is 8.43. The van der Waals surface area contributed by atoms with Gasteiger partial charge in [-0.15, -0.1) is 0 Å². The molecule has 1 aromatic carbocycles. The second kappa shape index (κ2) is 2.87. The number of ketones is 1. The fraction of sp³-hybridized carbons (Fsp3) is 0.125. The maximum absolute atomic E-state index is 12.4. The number of rotatable bonds is 1. The maximum Gasteiger partial charge on any atom is 0.159 e. The van der Waals surface area contributed by atoms with Gasteiger partial charge in [0.05, 0.1) is 0 Å². The van der Waals surface area contributed by atoms with Crippen LogP contribution in [0.3, 0.4) is 0 Å². The van der Waals surface area contributed by atoms with E-state index in [1.807, 2.05) is 0 Å². The molecule has 0 atom stereocenters. The van der Waals surface area contributed by atoms with E-state index in [2.05, 4.69) is 0 Å². The second-order valence-electron chi connectivity index (χ2n) is 2.29.